The molecule has 0 aromatic heterocycles. The predicted molar refractivity (Wildman–Crippen MR) is 132 cm³/mol. The lowest BCUT2D eigenvalue weighted by atomic mass is 10.0. The number of halogens is 1. The molecule has 1 heterocycles. The molecule has 7 heteroatoms. The lowest BCUT2D eigenvalue weighted by molar-refractivity contribution is 0.157. The number of sulfonamides is 1. The van der Waals surface area contributed by atoms with Crippen molar-refractivity contribution >= 4 is 27.3 Å². The standard InChI is InChI=1S/C25H35ClN2O3S/c1-21-9-5-7-19-28(21)18-6-3-4-8-20-31-24-14-12-23(13-15-24)27(2)32(29,30)25-16-10-22(26)11-17-25/h10-17,21H,3-9,18-20H2,1-2H3. The van der Waals surface area contributed by atoms with Gasteiger partial charge in [0, 0.05) is 18.1 Å². The average Bonchev–Trinajstić information content (AvgIpc) is 2.80. The van der Waals surface area contributed by atoms with Gasteiger partial charge in [0.05, 0.1) is 17.2 Å². The van der Waals surface area contributed by atoms with E-state index in [1.165, 1.54) is 68.1 Å². The Balaban J connectivity index is 1.38. The van der Waals surface area contributed by atoms with E-state index >= 15 is 0 Å². The number of rotatable bonds is 11. The summed E-state index contributed by atoms with van der Waals surface area (Å²) in [6.45, 7) is 5.51. The Bertz CT molecular complexity index is 933. The Kier molecular flexibility index (Phi) is 9.26. The minimum absolute atomic E-state index is 0.208. The van der Waals surface area contributed by atoms with E-state index in [1.54, 1.807) is 31.3 Å². The normalized spacial score (nSPS) is 17.3. The molecule has 1 aliphatic heterocycles. The van der Waals surface area contributed by atoms with Crippen LogP contribution in [0.15, 0.2) is 53.4 Å². The van der Waals surface area contributed by atoms with Crippen LogP contribution >= 0.6 is 11.6 Å². The first-order valence-corrected chi connectivity index (χ1v) is 13.4. The molecule has 0 aliphatic carbocycles. The van der Waals surface area contributed by atoms with Crippen molar-refractivity contribution in [3.63, 3.8) is 0 Å². The molecule has 1 unspecified atom stereocenters. The van der Waals surface area contributed by atoms with Crippen molar-refractivity contribution < 1.29 is 13.2 Å². The number of benzene rings is 2. The second-order valence-corrected chi connectivity index (χ2v) is 11.0. The first kappa shape index (κ1) is 24.9. The van der Waals surface area contributed by atoms with Gasteiger partial charge in [0.25, 0.3) is 10.0 Å². The number of hydrogen-bond donors (Lipinski definition) is 0. The first-order valence-electron chi connectivity index (χ1n) is 11.6. The molecule has 0 amide bonds. The highest BCUT2D eigenvalue weighted by atomic mass is 35.5. The fourth-order valence-corrected chi connectivity index (χ4v) is 5.43. The van der Waals surface area contributed by atoms with Crippen molar-refractivity contribution in [1.29, 1.82) is 0 Å². The molecular formula is C25H35ClN2O3S. The summed E-state index contributed by atoms with van der Waals surface area (Å²) in [5.41, 5.74) is 0.583. The van der Waals surface area contributed by atoms with E-state index in [9.17, 15) is 8.42 Å². The Morgan fingerprint density at radius 1 is 1.00 bits per heavy atom. The van der Waals surface area contributed by atoms with Crippen molar-refractivity contribution in [2.75, 3.05) is 31.0 Å². The van der Waals surface area contributed by atoms with Crippen molar-refractivity contribution in [2.24, 2.45) is 0 Å². The number of nitrogens with zero attached hydrogens (tertiary/aromatic N) is 2. The quantitative estimate of drug-likeness (QED) is 0.373. The average molecular weight is 479 g/mol. The third-order valence-corrected chi connectivity index (χ3v) is 8.27. The molecule has 1 atom stereocenters. The number of hydrogen-bond acceptors (Lipinski definition) is 4. The van der Waals surface area contributed by atoms with E-state index in [0.29, 0.717) is 17.3 Å². The van der Waals surface area contributed by atoms with Crippen molar-refractivity contribution in [3.05, 3.63) is 53.6 Å². The lowest BCUT2D eigenvalue weighted by Crippen LogP contribution is -2.37. The minimum Gasteiger partial charge on any atom is -0.494 e. The maximum absolute atomic E-state index is 12.8. The maximum atomic E-state index is 12.8. The molecule has 2 aromatic rings. The highest BCUT2D eigenvalue weighted by Gasteiger charge is 2.21. The van der Waals surface area contributed by atoms with Gasteiger partial charge >= 0.3 is 0 Å². The van der Waals surface area contributed by atoms with Crippen LogP contribution in [0.5, 0.6) is 5.75 Å². The monoisotopic (exact) mass is 478 g/mol. The molecular weight excluding hydrogens is 444 g/mol. The van der Waals surface area contributed by atoms with E-state index in [4.69, 9.17) is 16.3 Å². The molecule has 0 N–H and O–H groups in total. The summed E-state index contributed by atoms with van der Waals surface area (Å²) in [5.74, 6) is 0.758. The van der Waals surface area contributed by atoms with Crippen molar-refractivity contribution in [2.45, 2.75) is 62.8 Å². The van der Waals surface area contributed by atoms with Crippen LogP contribution in [-0.4, -0.2) is 46.1 Å². The van der Waals surface area contributed by atoms with Gasteiger partial charge in [-0.2, -0.15) is 0 Å². The molecule has 3 rings (SSSR count). The Hall–Kier alpha value is -1.76. The van der Waals surface area contributed by atoms with Gasteiger partial charge in [-0.25, -0.2) is 8.42 Å². The largest absolute Gasteiger partial charge is 0.494 e. The Morgan fingerprint density at radius 2 is 1.69 bits per heavy atom. The van der Waals surface area contributed by atoms with Crippen LogP contribution in [0.2, 0.25) is 5.02 Å². The van der Waals surface area contributed by atoms with E-state index < -0.39 is 10.0 Å². The molecule has 5 nitrogen and oxygen atoms in total. The van der Waals surface area contributed by atoms with Crippen molar-refractivity contribution in [3.8, 4) is 5.75 Å². The van der Waals surface area contributed by atoms with Gasteiger partial charge in [0.1, 0.15) is 5.75 Å². The number of piperidine rings is 1. The molecule has 0 radical (unpaired) electrons. The summed E-state index contributed by atoms with van der Waals surface area (Å²) in [4.78, 5) is 2.84. The number of anilines is 1. The molecule has 0 saturated carbocycles. The molecule has 1 fully saturated rings. The highest BCUT2D eigenvalue weighted by Crippen LogP contribution is 2.25. The van der Waals surface area contributed by atoms with Gasteiger partial charge < -0.3 is 9.64 Å². The molecule has 2 aromatic carbocycles. The fourth-order valence-electron chi connectivity index (χ4n) is 4.11. The van der Waals surface area contributed by atoms with E-state index in [-0.39, 0.29) is 4.90 Å². The van der Waals surface area contributed by atoms with E-state index in [1.807, 2.05) is 12.1 Å². The highest BCUT2D eigenvalue weighted by molar-refractivity contribution is 7.92. The van der Waals surface area contributed by atoms with Crippen LogP contribution in [0.4, 0.5) is 5.69 Å². The van der Waals surface area contributed by atoms with E-state index in [0.717, 1.165) is 18.2 Å². The summed E-state index contributed by atoms with van der Waals surface area (Å²) in [5, 5.41) is 0.504. The molecule has 0 spiro atoms. The van der Waals surface area contributed by atoms with E-state index in [2.05, 4.69) is 11.8 Å². The minimum atomic E-state index is -3.63. The molecule has 0 bridgehead atoms. The molecule has 1 aliphatic rings. The zero-order valence-corrected chi connectivity index (χ0v) is 20.7. The zero-order chi connectivity index (χ0) is 23.0. The van der Waals surface area contributed by atoms with Gasteiger partial charge in [-0.05, 0) is 94.2 Å². The summed E-state index contributed by atoms with van der Waals surface area (Å²) in [7, 11) is -2.09. The van der Waals surface area contributed by atoms with Crippen LogP contribution in [0.25, 0.3) is 0 Å². The summed E-state index contributed by atoms with van der Waals surface area (Å²) in [6.07, 6.45) is 8.76. The Morgan fingerprint density at radius 3 is 2.38 bits per heavy atom. The van der Waals surface area contributed by atoms with Gasteiger partial charge in [-0.15, -0.1) is 0 Å². The van der Waals surface area contributed by atoms with Gasteiger partial charge in [-0.3, -0.25) is 4.31 Å². The van der Waals surface area contributed by atoms with Crippen LogP contribution in [0, 0.1) is 0 Å². The number of ether oxygens (including phenoxy) is 1. The SMILES string of the molecule is CC1CCCCN1CCCCCCOc1ccc(N(C)S(=O)(=O)c2ccc(Cl)cc2)cc1. The molecule has 1 saturated heterocycles. The maximum Gasteiger partial charge on any atom is 0.264 e. The Labute approximate surface area is 198 Å². The molecule has 176 valence electrons. The van der Waals surface area contributed by atoms with Crippen LogP contribution < -0.4 is 9.04 Å². The van der Waals surface area contributed by atoms with Crippen LogP contribution in [0.3, 0.4) is 0 Å². The third-order valence-electron chi connectivity index (χ3n) is 6.22. The number of unbranched alkanes of at least 4 members (excludes halogenated alkanes) is 3. The smallest absolute Gasteiger partial charge is 0.264 e. The second kappa shape index (κ2) is 11.9. The second-order valence-electron chi connectivity index (χ2n) is 8.56. The van der Waals surface area contributed by atoms with Crippen LogP contribution in [0.1, 0.15) is 51.9 Å². The zero-order valence-electron chi connectivity index (χ0n) is 19.2. The summed E-state index contributed by atoms with van der Waals surface area (Å²) in [6, 6.07) is 14.1. The van der Waals surface area contributed by atoms with Crippen molar-refractivity contribution in [1.82, 2.24) is 4.90 Å². The molecule has 32 heavy (non-hydrogen) atoms. The number of likely N-dealkylation sites (tertiary alicyclic amines) is 1. The van der Waals surface area contributed by atoms with Gasteiger partial charge in [-0.1, -0.05) is 30.9 Å². The predicted octanol–water partition coefficient (Wildman–Crippen LogP) is 5.98. The third kappa shape index (κ3) is 6.87. The van der Waals surface area contributed by atoms with Gasteiger partial charge in [0.2, 0.25) is 0 Å². The topological polar surface area (TPSA) is 49.9 Å². The lowest BCUT2D eigenvalue weighted by Gasteiger charge is -2.33. The first-order chi connectivity index (χ1) is 15.4. The summed E-state index contributed by atoms with van der Waals surface area (Å²) < 4.78 is 32.7. The van der Waals surface area contributed by atoms with Gasteiger partial charge in [0.15, 0.2) is 0 Å². The fraction of sp³-hybridized carbons (Fsp3) is 0.520. The summed E-state index contributed by atoms with van der Waals surface area (Å²) >= 11 is 5.87. The van der Waals surface area contributed by atoms with Crippen LogP contribution in [-0.2, 0) is 10.0 Å².